The molecule has 4 aromatic rings. The van der Waals surface area contributed by atoms with Gasteiger partial charge in [0, 0.05) is 11.6 Å². The number of rotatable bonds is 4. The highest BCUT2D eigenvalue weighted by Crippen LogP contribution is 2.49. The van der Waals surface area contributed by atoms with Crippen LogP contribution >= 0.6 is 0 Å². The molecule has 4 aromatic carbocycles. The zero-order valence-electron chi connectivity index (χ0n) is 17.7. The summed E-state index contributed by atoms with van der Waals surface area (Å²) in [5.41, 5.74) is 4.48. The molecule has 32 heavy (non-hydrogen) atoms. The monoisotopic (exact) mass is 421 g/mol. The van der Waals surface area contributed by atoms with Crippen LogP contribution in [0.1, 0.15) is 35.1 Å². The summed E-state index contributed by atoms with van der Waals surface area (Å²) in [6.07, 6.45) is 5.46. The summed E-state index contributed by atoms with van der Waals surface area (Å²) in [5.74, 6) is 1.35. The van der Waals surface area contributed by atoms with Gasteiger partial charge in [0.1, 0.15) is 18.2 Å². The molecule has 158 valence electrons. The number of benzene rings is 4. The summed E-state index contributed by atoms with van der Waals surface area (Å²) in [6, 6.07) is 28.5. The number of halogens is 1. The van der Waals surface area contributed by atoms with Gasteiger partial charge in [-0.15, -0.1) is 0 Å². The Hall–Kier alpha value is -3.59. The first kappa shape index (κ1) is 19.1. The van der Waals surface area contributed by atoms with Gasteiger partial charge in [0.25, 0.3) is 0 Å². The van der Waals surface area contributed by atoms with Crippen molar-refractivity contribution in [2.75, 3.05) is 5.32 Å². The Morgan fingerprint density at radius 3 is 2.59 bits per heavy atom. The Bertz CT molecular complexity index is 1310. The van der Waals surface area contributed by atoms with Gasteiger partial charge < -0.3 is 10.1 Å². The second kappa shape index (κ2) is 7.83. The largest absolute Gasteiger partial charge is 0.489 e. The maximum absolute atomic E-state index is 13.8. The minimum absolute atomic E-state index is 0.170. The maximum Gasteiger partial charge on any atom is 0.123 e. The third-order valence-corrected chi connectivity index (χ3v) is 6.78. The van der Waals surface area contributed by atoms with E-state index < -0.39 is 0 Å². The second-order valence-corrected chi connectivity index (χ2v) is 8.75. The number of ether oxygens (including phenoxy) is 1. The fraction of sp³-hybridized carbons (Fsp3) is 0.172. The summed E-state index contributed by atoms with van der Waals surface area (Å²) < 4.78 is 19.9. The van der Waals surface area contributed by atoms with Crippen LogP contribution in [0.4, 0.5) is 10.1 Å². The maximum atomic E-state index is 13.8. The van der Waals surface area contributed by atoms with Crippen molar-refractivity contribution in [1.82, 2.24) is 0 Å². The van der Waals surface area contributed by atoms with E-state index in [0.717, 1.165) is 29.0 Å². The Morgan fingerprint density at radius 2 is 1.72 bits per heavy atom. The topological polar surface area (TPSA) is 21.3 Å². The summed E-state index contributed by atoms with van der Waals surface area (Å²) >= 11 is 0. The number of hydrogen-bond donors (Lipinski definition) is 1. The zero-order chi connectivity index (χ0) is 21.5. The summed E-state index contributed by atoms with van der Waals surface area (Å²) in [4.78, 5) is 0. The Labute approximate surface area is 187 Å². The lowest BCUT2D eigenvalue weighted by atomic mass is 9.77. The molecular formula is C29H24FNO. The molecule has 3 atom stereocenters. The van der Waals surface area contributed by atoms with Gasteiger partial charge in [-0.2, -0.15) is 0 Å². The molecule has 1 aliphatic carbocycles. The van der Waals surface area contributed by atoms with E-state index in [-0.39, 0.29) is 17.8 Å². The van der Waals surface area contributed by atoms with Crippen LogP contribution in [0.25, 0.3) is 10.8 Å². The van der Waals surface area contributed by atoms with Gasteiger partial charge in [0.15, 0.2) is 0 Å². The molecule has 6 rings (SSSR count). The Kier molecular flexibility index (Phi) is 4.68. The van der Waals surface area contributed by atoms with E-state index >= 15 is 0 Å². The normalized spacial score (nSPS) is 21.1. The highest BCUT2D eigenvalue weighted by atomic mass is 19.1. The van der Waals surface area contributed by atoms with Gasteiger partial charge >= 0.3 is 0 Å². The van der Waals surface area contributed by atoms with Crippen molar-refractivity contribution in [2.24, 2.45) is 5.92 Å². The second-order valence-electron chi connectivity index (χ2n) is 8.75. The number of nitrogens with one attached hydrogen (secondary N) is 1. The molecule has 3 heteroatoms. The molecular weight excluding hydrogens is 397 g/mol. The van der Waals surface area contributed by atoms with Gasteiger partial charge in [0.2, 0.25) is 0 Å². The lowest BCUT2D eigenvalue weighted by molar-refractivity contribution is 0.306. The van der Waals surface area contributed by atoms with Gasteiger partial charge in [-0.3, -0.25) is 0 Å². The molecule has 1 aliphatic heterocycles. The number of anilines is 1. The highest BCUT2D eigenvalue weighted by molar-refractivity contribution is 5.82. The molecule has 0 amide bonds. The highest BCUT2D eigenvalue weighted by Gasteiger charge is 2.37. The van der Waals surface area contributed by atoms with Crippen LogP contribution in [0.15, 0.2) is 97.1 Å². The third kappa shape index (κ3) is 3.44. The average Bonchev–Trinajstić information content (AvgIpc) is 3.33. The Balaban J connectivity index is 1.19. The van der Waals surface area contributed by atoms with Crippen LogP contribution in [0.2, 0.25) is 0 Å². The molecule has 1 heterocycles. The van der Waals surface area contributed by atoms with Crippen molar-refractivity contribution >= 4 is 16.5 Å². The van der Waals surface area contributed by atoms with Crippen molar-refractivity contribution < 1.29 is 9.13 Å². The molecule has 0 radical (unpaired) electrons. The van der Waals surface area contributed by atoms with Crippen LogP contribution in [0.3, 0.4) is 0 Å². The van der Waals surface area contributed by atoms with Crippen molar-refractivity contribution in [2.45, 2.75) is 25.0 Å². The van der Waals surface area contributed by atoms with E-state index in [0.29, 0.717) is 12.5 Å². The minimum Gasteiger partial charge on any atom is -0.489 e. The van der Waals surface area contributed by atoms with E-state index in [1.54, 1.807) is 6.07 Å². The van der Waals surface area contributed by atoms with Crippen LogP contribution in [-0.2, 0) is 6.61 Å². The molecule has 2 nitrogen and oxygen atoms in total. The first-order valence-electron chi connectivity index (χ1n) is 11.2. The minimum atomic E-state index is -0.170. The number of fused-ring (bicyclic) bond motifs is 4. The van der Waals surface area contributed by atoms with Crippen LogP contribution in [0.5, 0.6) is 5.75 Å². The smallest absolute Gasteiger partial charge is 0.123 e. The molecule has 0 bridgehead atoms. The fourth-order valence-electron chi connectivity index (χ4n) is 5.16. The van der Waals surface area contributed by atoms with Crippen LogP contribution in [-0.4, -0.2) is 0 Å². The molecule has 0 unspecified atom stereocenters. The van der Waals surface area contributed by atoms with Gasteiger partial charge in [-0.1, -0.05) is 60.7 Å². The molecule has 0 saturated heterocycles. The van der Waals surface area contributed by atoms with Crippen molar-refractivity contribution in [3.8, 4) is 5.75 Å². The average molecular weight is 422 g/mol. The van der Waals surface area contributed by atoms with Gasteiger partial charge in [-0.25, -0.2) is 4.39 Å². The summed E-state index contributed by atoms with van der Waals surface area (Å²) in [7, 11) is 0. The lowest BCUT2D eigenvalue weighted by Gasteiger charge is -2.37. The standard InChI is InChI=1S/C29H24FNO/c30-23-12-15-28-27(17-23)25-6-3-7-26(25)29(31-28)21-10-13-24(14-11-21)32-18-19-8-9-20-4-1-2-5-22(20)16-19/h1-6,8-17,25-26,29,31H,7,18H2/t25-,26+,29+/m1/s1. The lowest BCUT2D eigenvalue weighted by Crippen LogP contribution is -2.29. The quantitative estimate of drug-likeness (QED) is 0.347. The summed E-state index contributed by atoms with van der Waals surface area (Å²) in [5, 5.41) is 6.13. The molecule has 0 fully saturated rings. The molecule has 2 aliphatic rings. The van der Waals surface area contributed by atoms with Crippen LogP contribution in [0, 0.1) is 11.7 Å². The predicted molar refractivity (Wildman–Crippen MR) is 127 cm³/mol. The van der Waals surface area contributed by atoms with E-state index in [9.17, 15) is 4.39 Å². The SMILES string of the molecule is Fc1ccc2c(c1)[C@@H]1C=CC[C@@H]1[C@H](c1ccc(OCc3ccc4ccccc4c3)cc1)N2. The first-order valence-corrected chi connectivity index (χ1v) is 11.2. The molecule has 1 N–H and O–H groups in total. The first-order chi connectivity index (χ1) is 15.7. The zero-order valence-corrected chi connectivity index (χ0v) is 17.7. The molecule has 0 aromatic heterocycles. The van der Waals surface area contributed by atoms with E-state index in [4.69, 9.17) is 4.74 Å². The third-order valence-electron chi connectivity index (χ3n) is 6.78. The van der Waals surface area contributed by atoms with Gasteiger partial charge in [0.05, 0.1) is 6.04 Å². The fourth-order valence-corrected chi connectivity index (χ4v) is 5.16. The number of hydrogen-bond acceptors (Lipinski definition) is 2. The molecule has 0 spiro atoms. The Morgan fingerprint density at radius 1 is 0.875 bits per heavy atom. The van der Waals surface area contributed by atoms with Crippen molar-refractivity contribution in [1.29, 1.82) is 0 Å². The van der Waals surface area contributed by atoms with Gasteiger partial charge in [-0.05, 0) is 76.2 Å². The number of allylic oxidation sites excluding steroid dienone is 2. The van der Waals surface area contributed by atoms with E-state index in [2.05, 4.69) is 84.2 Å². The van der Waals surface area contributed by atoms with Crippen molar-refractivity contribution in [3.63, 3.8) is 0 Å². The molecule has 0 saturated carbocycles. The predicted octanol–water partition coefficient (Wildman–Crippen LogP) is 7.38. The van der Waals surface area contributed by atoms with Crippen molar-refractivity contribution in [3.05, 3.63) is 120 Å². The van der Waals surface area contributed by atoms with E-state index in [1.165, 1.54) is 22.4 Å². The summed E-state index contributed by atoms with van der Waals surface area (Å²) in [6.45, 7) is 0.541. The van der Waals surface area contributed by atoms with E-state index in [1.807, 2.05) is 6.07 Å². The van der Waals surface area contributed by atoms with Crippen LogP contribution < -0.4 is 10.1 Å².